The molecular weight excluding hydrogens is 521 g/mol. The average Bonchev–Trinajstić information content (AvgIpc) is 3.33. The first-order valence-corrected chi connectivity index (χ1v) is 12.8. The number of carbonyl (C=O) groups is 2. The number of hydrogen-bond donors (Lipinski definition) is 4. The number of anilines is 2. The Hall–Kier alpha value is -3.58. The van der Waals surface area contributed by atoms with Crippen molar-refractivity contribution in [3.63, 3.8) is 0 Å². The molecule has 2 bridgehead atoms. The number of halogens is 2. The van der Waals surface area contributed by atoms with Gasteiger partial charge in [-0.15, -0.1) is 0 Å². The Morgan fingerprint density at radius 2 is 1.89 bits per heavy atom. The van der Waals surface area contributed by atoms with E-state index in [0.29, 0.717) is 16.7 Å². The second-order valence-electron chi connectivity index (χ2n) is 9.98. The number of morpholine rings is 1. The molecule has 3 atom stereocenters. The highest BCUT2D eigenvalue weighted by Gasteiger charge is 2.48. The first-order valence-electron chi connectivity index (χ1n) is 12.5. The molecule has 1 unspecified atom stereocenters. The Balaban J connectivity index is 1.45. The third-order valence-corrected chi connectivity index (χ3v) is 8.06. The first kappa shape index (κ1) is 24.7. The molecule has 200 valence electrons. The van der Waals surface area contributed by atoms with Gasteiger partial charge in [0.25, 0.3) is 0 Å². The van der Waals surface area contributed by atoms with Crippen LogP contribution in [0.1, 0.15) is 25.7 Å². The lowest BCUT2D eigenvalue weighted by atomic mass is 9.61. The Morgan fingerprint density at radius 3 is 2.63 bits per heavy atom. The molecule has 3 aliphatic carbocycles. The summed E-state index contributed by atoms with van der Waals surface area (Å²) in [6.45, 7) is 0.162. The third-order valence-electron chi connectivity index (χ3n) is 7.88. The molecule has 0 amide bonds. The molecule has 0 spiro atoms. The summed E-state index contributed by atoms with van der Waals surface area (Å²) in [7, 11) is 0. The minimum atomic E-state index is -1.16. The highest BCUT2D eigenvalue weighted by atomic mass is 35.5. The Morgan fingerprint density at radius 1 is 1.13 bits per heavy atom. The SMILES string of the molecule is O=C(O)C1CN(c2nc(-c3c[nH]c4ncc(Cl)nc34)nc(N[C@H]3C4CCC(CC4)[C@@H]3C(=O)O)c2F)CCO1. The topological polar surface area (TPSA) is 166 Å². The predicted octanol–water partition coefficient (Wildman–Crippen LogP) is 2.80. The normalized spacial score (nSPS) is 27.0. The van der Waals surface area contributed by atoms with Crippen LogP contribution in [0.25, 0.3) is 22.6 Å². The van der Waals surface area contributed by atoms with E-state index in [1.807, 2.05) is 0 Å². The van der Waals surface area contributed by atoms with E-state index in [4.69, 9.17) is 16.3 Å². The van der Waals surface area contributed by atoms with Crippen molar-refractivity contribution in [3.05, 3.63) is 23.4 Å². The summed E-state index contributed by atoms with van der Waals surface area (Å²) >= 11 is 6.07. The fraction of sp³-hybridized carbons (Fsp3) is 0.500. The maximum atomic E-state index is 16.1. The van der Waals surface area contributed by atoms with Crippen LogP contribution < -0.4 is 10.2 Å². The first-order chi connectivity index (χ1) is 18.3. The van der Waals surface area contributed by atoms with Crippen LogP contribution in [-0.4, -0.2) is 78.9 Å². The molecule has 12 nitrogen and oxygen atoms in total. The van der Waals surface area contributed by atoms with Crippen molar-refractivity contribution in [2.24, 2.45) is 17.8 Å². The van der Waals surface area contributed by atoms with Crippen LogP contribution in [0.4, 0.5) is 16.0 Å². The number of aromatic amines is 1. The minimum Gasteiger partial charge on any atom is -0.481 e. The molecule has 4 fully saturated rings. The van der Waals surface area contributed by atoms with E-state index in [0.717, 1.165) is 25.7 Å². The fourth-order valence-corrected chi connectivity index (χ4v) is 6.20. The van der Waals surface area contributed by atoms with Crippen molar-refractivity contribution in [2.45, 2.75) is 37.8 Å². The monoisotopic (exact) mass is 545 g/mol. The van der Waals surface area contributed by atoms with Crippen molar-refractivity contribution in [1.29, 1.82) is 0 Å². The number of aliphatic carboxylic acids is 2. The van der Waals surface area contributed by atoms with Crippen LogP contribution in [0.3, 0.4) is 0 Å². The maximum Gasteiger partial charge on any atom is 0.334 e. The van der Waals surface area contributed by atoms with E-state index in [9.17, 15) is 19.8 Å². The molecule has 1 aliphatic heterocycles. The molecule has 0 radical (unpaired) electrons. The molecular formula is C24H25ClFN7O5. The molecule has 0 aromatic carbocycles. The number of H-pyrrole nitrogens is 1. The second-order valence-corrected chi connectivity index (χ2v) is 10.4. The van der Waals surface area contributed by atoms with E-state index in [-0.39, 0.29) is 54.1 Å². The van der Waals surface area contributed by atoms with E-state index in [1.165, 1.54) is 11.1 Å². The Kier molecular flexibility index (Phi) is 6.26. The molecule has 14 heteroatoms. The summed E-state index contributed by atoms with van der Waals surface area (Å²) in [5.74, 6) is -3.58. The molecule has 4 N–H and O–H groups in total. The van der Waals surface area contributed by atoms with E-state index in [2.05, 4.69) is 30.2 Å². The van der Waals surface area contributed by atoms with Crippen LogP contribution in [0, 0.1) is 23.6 Å². The molecule has 3 aromatic heterocycles. The molecule has 7 rings (SSSR count). The van der Waals surface area contributed by atoms with Gasteiger partial charge in [0, 0.05) is 18.8 Å². The van der Waals surface area contributed by atoms with Gasteiger partial charge in [-0.25, -0.2) is 24.7 Å². The highest BCUT2D eigenvalue weighted by Crippen LogP contribution is 2.46. The number of nitrogens with zero attached hydrogens (tertiary/aromatic N) is 5. The number of aromatic nitrogens is 5. The van der Waals surface area contributed by atoms with Gasteiger partial charge in [0.2, 0.25) is 5.82 Å². The zero-order chi connectivity index (χ0) is 26.6. The van der Waals surface area contributed by atoms with Crippen LogP contribution >= 0.6 is 11.6 Å². The zero-order valence-electron chi connectivity index (χ0n) is 20.1. The standard InChI is InChI=1S/C24H25ClFN7O5/c25-14-8-28-21-18(29-14)12(7-27-21)19-31-20(30-17-11-3-1-10(2-4-11)15(17)24(36)37)16(26)22(32-19)33-5-6-38-13(9-33)23(34)35/h7-8,10-11,13,15,17H,1-6,9H2,(H,27,28)(H,34,35)(H,36,37)(H,30,31,32)/t10?,11?,13?,15-,17-/m0/s1. The van der Waals surface area contributed by atoms with Crippen LogP contribution in [0.15, 0.2) is 12.4 Å². The van der Waals surface area contributed by atoms with Crippen LogP contribution in [0.2, 0.25) is 5.15 Å². The molecule has 3 saturated carbocycles. The van der Waals surface area contributed by atoms with Gasteiger partial charge in [0.1, 0.15) is 10.7 Å². The molecule has 38 heavy (non-hydrogen) atoms. The highest BCUT2D eigenvalue weighted by molar-refractivity contribution is 6.29. The van der Waals surface area contributed by atoms with Crippen LogP contribution in [-0.2, 0) is 14.3 Å². The lowest BCUT2D eigenvalue weighted by molar-refractivity contribution is -0.151. The maximum absolute atomic E-state index is 16.1. The van der Waals surface area contributed by atoms with Gasteiger partial charge in [-0.2, -0.15) is 4.39 Å². The van der Waals surface area contributed by atoms with Crippen molar-refractivity contribution < 1.29 is 28.9 Å². The third kappa shape index (κ3) is 4.29. The average molecular weight is 546 g/mol. The minimum absolute atomic E-state index is 0.0143. The number of carboxylic acid groups (broad SMARTS) is 2. The second kappa shape index (κ2) is 9.62. The summed E-state index contributed by atoms with van der Waals surface area (Å²) < 4.78 is 21.4. The van der Waals surface area contributed by atoms with Crippen LogP contribution in [0.5, 0.6) is 0 Å². The van der Waals surface area contributed by atoms with E-state index >= 15 is 4.39 Å². The summed E-state index contributed by atoms with van der Waals surface area (Å²) in [5.41, 5.74) is 1.23. The van der Waals surface area contributed by atoms with Gasteiger partial charge in [-0.3, -0.25) is 4.79 Å². The summed E-state index contributed by atoms with van der Waals surface area (Å²) in [5, 5.41) is 22.7. The Bertz CT molecular complexity index is 1410. The largest absolute Gasteiger partial charge is 0.481 e. The summed E-state index contributed by atoms with van der Waals surface area (Å²) in [4.78, 5) is 45.7. The number of carboxylic acids is 2. The van der Waals surface area contributed by atoms with E-state index < -0.39 is 35.8 Å². The number of ether oxygens (including phenoxy) is 1. The van der Waals surface area contributed by atoms with Gasteiger partial charge in [0.05, 0.1) is 30.8 Å². The quantitative estimate of drug-likeness (QED) is 0.359. The molecule has 1 saturated heterocycles. The number of fused-ring (bicyclic) bond motifs is 4. The van der Waals surface area contributed by atoms with Gasteiger partial charge in [0.15, 0.2) is 29.2 Å². The van der Waals surface area contributed by atoms with Gasteiger partial charge < -0.3 is 30.2 Å². The Labute approximate surface area is 220 Å². The van der Waals surface area contributed by atoms with Crippen molar-refractivity contribution in [2.75, 3.05) is 29.9 Å². The van der Waals surface area contributed by atoms with Crippen molar-refractivity contribution >= 4 is 46.3 Å². The van der Waals surface area contributed by atoms with Crippen molar-refractivity contribution in [1.82, 2.24) is 24.9 Å². The molecule has 4 heterocycles. The van der Waals surface area contributed by atoms with Crippen molar-refractivity contribution in [3.8, 4) is 11.4 Å². The van der Waals surface area contributed by atoms with Gasteiger partial charge in [-0.05, 0) is 37.5 Å². The molecule has 3 aromatic rings. The zero-order valence-corrected chi connectivity index (χ0v) is 20.9. The van der Waals surface area contributed by atoms with Gasteiger partial charge >= 0.3 is 11.9 Å². The summed E-state index contributed by atoms with van der Waals surface area (Å²) in [6, 6.07) is -0.501. The fourth-order valence-electron chi connectivity index (χ4n) is 6.06. The summed E-state index contributed by atoms with van der Waals surface area (Å²) in [6.07, 6.45) is 5.21. The number of rotatable bonds is 6. The van der Waals surface area contributed by atoms with E-state index in [1.54, 1.807) is 6.20 Å². The lowest BCUT2D eigenvalue weighted by Gasteiger charge is -2.47. The smallest absolute Gasteiger partial charge is 0.334 e. The predicted molar refractivity (Wildman–Crippen MR) is 133 cm³/mol. The van der Waals surface area contributed by atoms with Gasteiger partial charge in [-0.1, -0.05) is 11.6 Å². The lowest BCUT2D eigenvalue weighted by Crippen LogP contribution is -2.51. The molecule has 4 aliphatic rings. The number of hydrogen-bond acceptors (Lipinski definition) is 9. The number of nitrogens with one attached hydrogen (secondary N) is 2.